The lowest BCUT2D eigenvalue weighted by Gasteiger charge is -2.34. The standard InChI is InChI=1S/C18H24N4/c1-13-7-5-8-16(19-13)12-22-10-6-9-18(22,4)17-20-14(2)11-15(3)21-17/h5,7-8,11H,6,9-10,12H2,1-4H3/t18-/m0/s1. The quantitative estimate of drug-likeness (QED) is 0.871. The van der Waals surface area contributed by atoms with Crippen LogP contribution in [0.5, 0.6) is 0 Å². The van der Waals surface area contributed by atoms with Gasteiger partial charge in [0.25, 0.3) is 0 Å². The zero-order valence-electron chi connectivity index (χ0n) is 13.9. The van der Waals surface area contributed by atoms with Crippen LogP contribution in [-0.2, 0) is 12.1 Å². The summed E-state index contributed by atoms with van der Waals surface area (Å²) < 4.78 is 0. The van der Waals surface area contributed by atoms with Crippen molar-refractivity contribution in [3.05, 3.63) is 52.9 Å². The number of hydrogen-bond acceptors (Lipinski definition) is 4. The maximum Gasteiger partial charge on any atom is 0.148 e. The largest absolute Gasteiger partial charge is 0.285 e. The van der Waals surface area contributed by atoms with Gasteiger partial charge in [-0.3, -0.25) is 9.88 Å². The molecule has 0 unspecified atom stereocenters. The Morgan fingerprint density at radius 1 is 1.05 bits per heavy atom. The fraction of sp³-hybridized carbons (Fsp3) is 0.500. The lowest BCUT2D eigenvalue weighted by molar-refractivity contribution is 0.135. The van der Waals surface area contributed by atoms with Crippen LogP contribution in [0.3, 0.4) is 0 Å². The molecular formula is C18H24N4. The van der Waals surface area contributed by atoms with E-state index in [1.54, 1.807) is 0 Å². The normalized spacial score (nSPS) is 22.2. The van der Waals surface area contributed by atoms with Crippen LogP contribution in [0.4, 0.5) is 0 Å². The molecule has 0 radical (unpaired) electrons. The summed E-state index contributed by atoms with van der Waals surface area (Å²) in [5, 5.41) is 0. The fourth-order valence-electron chi connectivity index (χ4n) is 3.38. The van der Waals surface area contributed by atoms with Gasteiger partial charge in [0.1, 0.15) is 5.82 Å². The molecule has 0 spiro atoms. The molecule has 0 amide bonds. The highest BCUT2D eigenvalue weighted by atomic mass is 15.2. The maximum atomic E-state index is 4.72. The van der Waals surface area contributed by atoms with E-state index in [9.17, 15) is 0 Å². The second-order valence-electron chi connectivity index (χ2n) is 6.54. The Balaban J connectivity index is 1.91. The highest BCUT2D eigenvalue weighted by Gasteiger charge is 2.40. The van der Waals surface area contributed by atoms with Crippen LogP contribution in [0.25, 0.3) is 0 Å². The van der Waals surface area contributed by atoms with E-state index in [0.29, 0.717) is 0 Å². The molecule has 3 rings (SSSR count). The Kier molecular flexibility index (Phi) is 3.96. The zero-order valence-corrected chi connectivity index (χ0v) is 13.9. The van der Waals surface area contributed by atoms with E-state index < -0.39 is 0 Å². The molecule has 1 atom stereocenters. The molecule has 0 saturated carbocycles. The summed E-state index contributed by atoms with van der Waals surface area (Å²) >= 11 is 0. The van der Waals surface area contributed by atoms with E-state index >= 15 is 0 Å². The molecule has 1 aliphatic rings. The maximum absolute atomic E-state index is 4.72. The number of hydrogen-bond donors (Lipinski definition) is 0. The van der Waals surface area contributed by atoms with Crippen molar-refractivity contribution in [2.75, 3.05) is 6.54 Å². The minimum absolute atomic E-state index is 0.0950. The Bertz CT molecular complexity index is 662. The number of aryl methyl sites for hydroxylation is 3. The predicted octanol–water partition coefficient (Wildman–Crippen LogP) is 3.31. The van der Waals surface area contributed by atoms with Crippen LogP contribution in [-0.4, -0.2) is 26.4 Å². The van der Waals surface area contributed by atoms with Gasteiger partial charge >= 0.3 is 0 Å². The van der Waals surface area contributed by atoms with Gasteiger partial charge < -0.3 is 0 Å². The van der Waals surface area contributed by atoms with Crippen molar-refractivity contribution in [1.29, 1.82) is 0 Å². The summed E-state index contributed by atoms with van der Waals surface area (Å²) in [6.45, 7) is 10.3. The van der Waals surface area contributed by atoms with Crippen LogP contribution in [0.15, 0.2) is 24.3 Å². The van der Waals surface area contributed by atoms with Gasteiger partial charge in [0, 0.05) is 23.6 Å². The Morgan fingerprint density at radius 2 is 1.77 bits per heavy atom. The molecule has 22 heavy (non-hydrogen) atoms. The summed E-state index contributed by atoms with van der Waals surface area (Å²) in [4.78, 5) is 16.6. The first-order valence-corrected chi connectivity index (χ1v) is 7.98. The molecule has 0 aromatic carbocycles. The SMILES string of the molecule is Cc1cccc(CN2CCC[C@@]2(C)c2nc(C)cc(C)n2)n1. The van der Waals surface area contributed by atoms with E-state index in [0.717, 1.165) is 48.1 Å². The average molecular weight is 296 g/mol. The molecule has 4 heteroatoms. The van der Waals surface area contributed by atoms with Crippen LogP contribution < -0.4 is 0 Å². The minimum atomic E-state index is -0.0950. The third-order valence-electron chi connectivity index (χ3n) is 4.55. The molecule has 1 saturated heterocycles. The summed E-state index contributed by atoms with van der Waals surface area (Å²) in [6, 6.07) is 8.26. The van der Waals surface area contributed by atoms with Crippen molar-refractivity contribution in [3.63, 3.8) is 0 Å². The van der Waals surface area contributed by atoms with Gasteiger partial charge in [0.05, 0.1) is 11.2 Å². The molecule has 116 valence electrons. The molecule has 4 nitrogen and oxygen atoms in total. The molecule has 1 fully saturated rings. The predicted molar refractivity (Wildman–Crippen MR) is 87.5 cm³/mol. The van der Waals surface area contributed by atoms with Crippen molar-refractivity contribution in [1.82, 2.24) is 19.9 Å². The number of likely N-dealkylation sites (tertiary alicyclic amines) is 1. The fourth-order valence-corrected chi connectivity index (χ4v) is 3.38. The Hall–Kier alpha value is -1.81. The van der Waals surface area contributed by atoms with Crippen molar-refractivity contribution >= 4 is 0 Å². The van der Waals surface area contributed by atoms with Gasteiger partial charge in [-0.25, -0.2) is 9.97 Å². The summed E-state index contributed by atoms with van der Waals surface area (Å²) in [5.74, 6) is 0.954. The minimum Gasteiger partial charge on any atom is -0.285 e. The van der Waals surface area contributed by atoms with Gasteiger partial charge in [-0.2, -0.15) is 0 Å². The van der Waals surface area contributed by atoms with Gasteiger partial charge in [0.15, 0.2) is 0 Å². The monoisotopic (exact) mass is 296 g/mol. The van der Waals surface area contributed by atoms with E-state index in [1.165, 1.54) is 6.42 Å². The second-order valence-corrected chi connectivity index (χ2v) is 6.54. The Labute approximate surface area is 132 Å². The topological polar surface area (TPSA) is 41.9 Å². The van der Waals surface area contributed by atoms with Crippen LogP contribution in [0.1, 0.15) is 48.4 Å². The average Bonchev–Trinajstić information content (AvgIpc) is 2.80. The van der Waals surface area contributed by atoms with Crippen molar-refractivity contribution in [3.8, 4) is 0 Å². The molecule has 0 N–H and O–H groups in total. The first-order valence-electron chi connectivity index (χ1n) is 7.98. The third-order valence-corrected chi connectivity index (χ3v) is 4.55. The zero-order chi connectivity index (χ0) is 15.7. The van der Waals surface area contributed by atoms with Crippen LogP contribution in [0, 0.1) is 20.8 Å². The molecule has 2 aromatic rings. The molecule has 0 bridgehead atoms. The first-order chi connectivity index (χ1) is 10.5. The summed E-state index contributed by atoms with van der Waals surface area (Å²) in [6.07, 6.45) is 2.28. The third kappa shape index (κ3) is 2.88. The molecule has 2 aromatic heterocycles. The smallest absolute Gasteiger partial charge is 0.148 e. The van der Waals surface area contributed by atoms with Crippen molar-refractivity contribution < 1.29 is 0 Å². The molecular weight excluding hydrogens is 272 g/mol. The van der Waals surface area contributed by atoms with Crippen LogP contribution in [0.2, 0.25) is 0 Å². The number of aromatic nitrogens is 3. The lowest BCUT2D eigenvalue weighted by Crippen LogP contribution is -2.40. The number of pyridine rings is 1. The highest BCUT2D eigenvalue weighted by Crippen LogP contribution is 2.37. The molecule has 3 heterocycles. The van der Waals surface area contributed by atoms with E-state index in [1.807, 2.05) is 32.9 Å². The summed E-state index contributed by atoms with van der Waals surface area (Å²) in [7, 11) is 0. The van der Waals surface area contributed by atoms with Gasteiger partial charge in [-0.05, 0) is 65.3 Å². The highest BCUT2D eigenvalue weighted by molar-refractivity contribution is 5.17. The van der Waals surface area contributed by atoms with Crippen LogP contribution >= 0.6 is 0 Å². The van der Waals surface area contributed by atoms with Crippen molar-refractivity contribution in [2.24, 2.45) is 0 Å². The van der Waals surface area contributed by atoms with Gasteiger partial charge in [-0.15, -0.1) is 0 Å². The van der Waals surface area contributed by atoms with Crippen molar-refractivity contribution in [2.45, 2.75) is 52.6 Å². The Morgan fingerprint density at radius 3 is 2.45 bits per heavy atom. The number of nitrogens with zero attached hydrogens (tertiary/aromatic N) is 4. The van der Waals surface area contributed by atoms with Gasteiger partial charge in [-0.1, -0.05) is 6.07 Å². The molecule has 1 aliphatic heterocycles. The number of rotatable bonds is 3. The van der Waals surface area contributed by atoms with E-state index in [2.05, 4.69) is 28.9 Å². The first kappa shape index (κ1) is 15.1. The molecule has 0 aliphatic carbocycles. The van der Waals surface area contributed by atoms with Gasteiger partial charge in [0.2, 0.25) is 0 Å². The second kappa shape index (κ2) is 5.76. The van der Waals surface area contributed by atoms with E-state index in [-0.39, 0.29) is 5.54 Å². The lowest BCUT2D eigenvalue weighted by atomic mass is 9.97. The van der Waals surface area contributed by atoms with E-state index in [4.69, 9.17) is 9.97 Å². The summed E-state index contributed by atoms with van der Waals surface area (Å²) in [5.41, 5.74) is 4.19.